The average Bonchev–Trinajstić information content (AvgIpc) is 2.93. The number of ether oxygens (including phenoxy) is 1. The largest absolute Gasteiger partial charge is 0.481 e. The molecule has 0 amide bonds. The molecule has 0 aliphatic carbocycles. The van der Waals surface area contributed by atoms with Gasteiger partial charge in [0, 0.05) is 12.8 Å². The van der Waals surface area contributed by atoms with E-state index in [4.69, 9.17) is 9.84 Å². The van der Waals surface area contributed by atoms with Crippen LogP contribution in [0.5, 0.6) is 0 Å². The maximum atomic E-state index is 12.5. The van der Waals surface area contributed by atoms with Crippen LogP contribution in [0.4, 0.5) is 0 Å². The fourth-order valence-electron chi connectivity index (χ4n) is 5.66. The second kappa shape index (κ2) is 32.5. The van der Waals surface area contributed by atoms with Gasteiger partial charge in [-0.2, -0.15) is 0 Å². The molecule has 4 nitrogen and oxygen atoms in total. The van der Waals surface area contributed by atoms with Crippen LogP contribution in [0.2, 0.25) is 0 Å². The first-order valence-corrected chi connectivity index (χ1v) is 18.0. The summed E-state index contributed by atoms with van der Waals surface area (Å²) >= 11 is 0. The summed E-state index contributed by atoms with van der Waals surface area (Å²) in [6, 6.07) is 0. The number of unbranched alkanes of at least 4 members (excludes halogenated alkanes) is 24. The minimum atomic E-state index is -0.721. The molecule has 0 aromatic rings. The first-order chi connectivity index (χ1) is 19.6. The second-order valence-corrected chi connectivity index (χ2v) is 12.4. The van der Waals surface area contributed by atoms with Crippen molar-refractivity contribution in [1.82, 2.24) is 0 Å². The quantitative estimate of drug-likeness (QED) is 0.0633. The maximum absolute atomic E-state index is 12.5. The first-order valence-electron chi connectivity index (χ1n) is 18.0. The van der Waals surface area contributed by atoms with Crippen LogP contribution in [-0.2, 0) is 14.3 Å². The lowest BCUT2D eigenvalue weighted by Gasteiger charge is -2.18. The lowest BCUT2D eigenvalue weighted by molar-refractivity contribution is -0.150. The topological polar surface area (TPSA) is 63.6 Å². The molecule has 0 aliphatic rings. The van der Waals surface area contributed by atoms with Crippen LogP contribution >= 0.6 is 0 Å². The summed E-state index contributed by atoms with van der Waals surface area (Å²) in [5, 5.41) is 8.85. The Morgan fingerprint density at radius 1 is 0.450 bits per heavy atom. The van der Waals surface area contributed by atoms with Gasteiger partial charge >= 0.3 is 11.9 Å². The fourth-order valence-corrected chi connectivity index (χ4v) is 5.66. The third-order valence-electron chi connectivity index (χ3n) is 8.33. The highest BCUT2D eigenvalue weighted by Gasteiger charge is 2.14. The Morgan fingerprint density at radius 2 is 0.750 bits per heavy atom. The van der Waals surface area contributed by atoms with Crippen LogP contribution in [0.1, 0.15) is 213 Å². The molecular weight excluding hydrogens is 496 g/mol. The summed E-state index contributed by atoms with van der Waals surface area (Å²) in [6.45, 7) is 4.54. The fraction of sp³-hybridized carbons (Fsp3) is 0.944. The third-order valence-corrected chi connectivity index (χ3v) is 8.33. The van der Waals surface area contributed by atoms with E-state index in [-0.39, 0.29) is 18.5 Å². The number of carboxylic acid groups (broad SMARTS) is 1. The molecule has 0 heterocycles. The van der Waals surface area contributed by atoms with Gasteiger partial charge in [-0.15, -0.1) is 0 Å². The smallest absolute Gasteiger partial charge is 0.306 e. The van der Waals surface area contributed by atoms with Crippen molar-refractivity contribution in [3.8, 4) is 0 Å². The standard InChI is InChI=1S/C36H70O4/c1-3-5-7-9-11-13-14-15-16-17-18-20-22-24-29-33-36(39)40-34(31-27-25-28-32-35(37)38)30-26-23-21-19-12-10-8-6-4-2/h34H,3-33H2,1-2H3,(H,37,38). The number of carboxylic acids is 1. The molecule has 1 atom stereocenters. The molecular formula is C36H70O4. The van der Waals surface area contributed by atoms with E-state index in [9.17, 15) is 9.59 Å². The van der Waals surface area contributed by atoms with Crippen LogP contribution in [0.3, 0.4) is 0 Å². The zero-order valence-corrected chi connectivity index (χ0v) is 27.2. The van der Waals surface area contributed by atoms with Crippen LogP contribution in [0.15, 0.2) is 0 Å². The Balaban J connectivity index is 3.87. The lowest BCUT2D eigenvalue weighted by Crippen LogP contribution is -2.18. The van der Waals surface area contributed by atoms with Gasteiger partial charge in [0.25, 0.3) is 0 Å². The van der Waals surface area contributed by atoms with Crippen molar-refractivity contribution in [1.29, 1.82) is 0 Å². The van der Waals surface area contributed by atoms with Crippen molar-refractivity contribution in [3.63, 3.8) is 0 Å². The molecule has 1 N–H and O–H groups in total. The zero-order chi connectivity index (χ0) is 29.4. The van der Waals surface area contributed by atoms with Gasteiger partial charge in [0.1, 0.15) is 6.10 Å². The van der Waals surface area contributed by atoms with Crippen LogP contribution < -0.4 is 0 Å². The van der Waals surface area contributed by atoms with E-state index in [1.54, 1.807) is 0 Å². The van der Waals surface area contributed by atoms with Crippen molar-refractivity contribution >= 4 is 11.9 Å². The van der Waals surface area contributed by atoms with Crippen LogP contribution in [-0.4, -0.2) is 23.1 Å². The maximum Gasteiger partial charge on any atom is 0.306 e. The van der Waals surface area contributed by atoms with Gasteiger partial charge in [-0.3, -0.25) is 9.59 Å². The Hall–Kier alpha value is -1.06. The minimum Gasteiger partial charge on any atom is -0.481 e. The summed E-state index contributed by atoms with van der Waals surface area (Å²) in [5.41, 5.74) is 0. The van der Waals surface area contributed by atoms with Crippen molar-refractivity contribution in [2.45, 2.75) is 219 Å². The molecule has 0 radical (unpaired) electrons. The SMILES string of the molecule is CCCCCCCCCCCCCCCCCC(=O)OC(CCCCCCCCCCC)CCCCCC(=O)O. The van der Waals surface area contributed by atoms with Gasteiger partial charge in [0.15, 0.2) is 0 Å². The number of aliphatic carboxylic acids is 1. The molecule has 0 aromatic heterocycles. The minimum absolute atomic E-state index is 0.0122. The number of carbonyl (C=O) groups is 2. The molecule has 0 aliphatic heterocycles. The van der Waals surface area contributed by atoms with Gasteiger partial charge in [-0.25, -0.2) is 0 Å². The Labute approximate surface area is 250 Å². The monoisotopic (exact) mass is 567 g/mol. The van der Waals surface area contributed by atoms with E-state index < -0.39 is 5.97 Å². The van der Waals surface area contributed by atoms with Crippen molar-refractivity contribution in [2.24, 2.45) is 0 Å². The zero-order valence-electron chi connectivity index (χ0n) is 27.2. The van der Waals surface area contributed by atoms with Gasteiger partial charge < -0.3 is 9.84 Å². The van der Waals surface area contributed by atoms with Gasteiger partial charge in [-0.05, 0) is 38.5 Å². The third kappa shape index (κ3) is 31.5. The molecule has 0 bridgehead atoms. The van der Waals surface area contributed by atoms with Gasteiger partial charge in [-0.1, -0.05) is 162 Å². The number of carbonyl (C=O) groups excluding carboxylic acids is 1. The molecule has 238 valence electrons. The predicted octanol–water partition coefficient (Wildman–Crippen LogP) is 12.1. The van der Waals surface area contributed by atoms with E-state index in [1.165, 1.54) is 135 Å². The van der Waals surface area contributed by atoms with Gasteiger partial charge in [0.05, 0.1) is 0 Å². The molecule has 4 heteroatoms. The molecule has 0 rings (SSSR count). The van der Waals surface area contributed by atoms with E-state index in [0.29, 0.717) is 12.8 Å². The van der Waals surface area contributed by atoms with E-state index in [0.717, 1.165) is 44.9 Å². The molecule has 0 fully saturated rings. The molecule has 0 saturated carbocycles. The number of rotatable bonds is 33. The second-order valence-electron chi connectivity index (χ2n) is 12.4. The molecule has 0 aromatic carbocycles. The number of hydrogen-bond donors (Lipinski definition) is 1. The summed E-state index contributed by atoms with van der Waals surface area (Å²) in [4.78, 5) is 23.3. The van der Waals surface area contributed by atoms with E-state index in [1.807, 2.05) is 0 Å². The number of hydrogen-bond acceptors (Lipinski definition) is 3. The summed E-state index contributed by atoms with van der Waals surface area (Å²) in [7, 11) is 0. The predicted molar refractivity (Wildman–Crippen MR) is 172 cm³/mol. The highest BCUT2D eigenvalue weighted by atomic mass is 16.5. The highest BCUT2D eigenvalue weighted by Crippen LogP contribution is 2.19. The lowest BCUT2D eigenvalue weighted by atomic mass is 10.0. The summed E-state index contributed by atoms with van der Waals surface area (Å²) in [6.07, 6.45) is 36.8. The first kappa shape index (κ1) is 38.9. The molecule has 1 unspecified atom stereocenters. The van der Waals surface area contributed by atoms with Crippen molar-refractivity contribution in [3.05, 3.63) is 0 Å². The van der Waals surface area contributed by atoms with E-state index in [2.05, 4.69) is 13.8 Å². The normalized spacial score (nSPS) is 12.1. The van der Waals surface area contributed by atoms with E-state index >= 15 is 0 Å². The van der Waals surface area contributed by atoms with Crippen molar-refractivity contribution in [2.75, 3.05) is 0 Å². The molecule has 0 saturated heterocycles. The molecule has 40 heavy (non-hydrogen) atoms. The summed E-state index contributed by atoms with van der Waals surface area (Å²) < 4.78 is 5.91. The van der Waals surface area contributed by atoms with Gasteiger partial charge in [0.2, 0.25) is 0 Å². The number of esters is 1. The molecule has 0 spiro atoms. The Morgan fingerprint density at radius 3 is 1.12 bits per heavy atom. The van der Waals surface area contributed by atoms with Crippen LogP contribution in [0.25, 0.3) is 0 Å². The highest BCUT2D eigenvalue weighted by molar-refractivity contribution is 5.69. The van der Waals surface area contributed by atoms with Crippen molar-refractivity contribution < 1.29 is 19.4 Å². The van der Waals surface area contributed by atoms with Crippen LogP contribution in [0, 0.1) is 0 Å². The Bertz CT molecular complexity index is 533. The average molecular weight is 567 g/mol. The Kier molecular flexibility index (Phi) is 31.6. The summed E-state index contributed by atoms with van der Waals surface area (Å²) in [5.74, 6) is -0.748.